The minimum absolute atomic E-state index is 0.0629. The number of aromatic nitrogens is 1. The fraction of sp³-hybridized carbons (Fsp3) is 0.360. The van der Waals surface area contributed by atoms with Gasteiger partial charge in [0.2, 0.25) is 5.88 Å². The molecule has 158 valence electrons. The van der Waals surface area contributed by atoms with Gasteiger partial charge in [-0.25, -0.2) is 4.57 Å². The van der Waals surface area contributed by atoms with Crippen LogP contribution >= 0.6 is 0 Å². The van der Waals surface area contributed by atoms with Gasteiger partial charge in [0.1, 0.15) is 0 Å². The molecule has 1 aromatic heterocycles. The molecule has 0 aliphatic rings. The predicted octanol–water partition coefficient (Wildman–Crippen LogP) is 4.41. The van der Waals surface area contributed by atoms with E-state index in [-0.39, 0.29) is 11.4 Å². The van der Waals surface area contributed by atoms with Crippen LogP contribution in [0.2, 0.25) is 0 Å². The van der Waals surface area contributed by atoms with Crippen molar-refractivity contribution in [3.63, 3.8) is 0 Å². The van der Waals surface area contributed by atoms with E-state index in [2.05, 4.69) is 23.7 Å². The van der Waals surface area contributed by atoms with Gasteiger partial charge in [-0.3, -0.25) is 9.79 Å². The Bertz CT molecular complexity index is 1080. The molecule has 2 aromatic carbocycles. The number of aliphatic imine (C=N–C) groups is 1. The van der Waals surface area contributed by atoms with Gasteiger partial charge in [0.15, 0.2) is 0 Å². The Kier molecular flexibility index (Phi) is 7.41. The molecule has 1 heterocycles. The summed E-state index contributed by atoms with van der Waals surface area (Å²) in [4.78, 5) is 20.2. The first-order valence-electron chi connectivity index (χ1n) is 10.8. The highest BCUT2D eigenvalue weighted by atomic mass is 16.3. The molecule has 0 saturated carbocycles. The summed E-state index contributed by atoms with van der Waals surface area (Å²) in [5.41, 5.74) is 2.08. The fourth-order valence-corrected chi connectivity index (χ4v) is 3.82. The van der Waals surface area contributed by atoms with E-state index in [1.807, 2.05) is 49.4 Å². The number of benzene rings is 2. The van der Waals surface area contributed by atoms with Crippen LogP contribution < -0.4 is 5.56 Å². The standard InChI is InChI=1S/C25H31N3O2/c1-4-19-12-7-10-15-23(19)28-24(29)21-14-9-8-13-20(21)22(25(28)30)18-26-16-11-17-27(5-2)6-3/h7-10,12-15,18,30H,4-6,11,16-17H2,1-3H3. The number of aromatic hydroxyl groups is 1. The number of hydrogen-bond acceptors (Lipinski definition) is 4. The lowest BCUT2D eigenvalue weighted by Crippen LogP contribution is -2.24. The van der Waals surface area contributed by atoms with Crippen molar-refractivity contribution in [2.45, 2.75) is 33.6 Å². The van der Waals surface area contributed by atoms with Gasteiger partial charge in [-0.2, -0.15) is 0 Å². The molecule has 0 bridgehead atoms. The second kappa shape index (κ2) is 10.2. The molecule has 0 aliphatic carbocycles. The van der Waals surface area contributed by atoms with E-state index in [1.54, 1.807) is 12.3 Å². The van der Waals surface area contributed by atoms with Crippen LogP contribution in [0.4, 0.5) is 0 Å². The largest absolute Gasteiger partial charge is 0.494 e. The van der Waals surface area contributed by atoms with Crippen LogP contribution in [0, 0.1) is 0 Å². The summed E-state index contributed by atoms with van der Waals surface area (Å²) in [6, 6.07) is 15.1. The Labute approximate surface area is 178 Å². The first kappa shape index (κ1) is 21.8. The van der Waals surface area contributed by atoms with Crippen molar-refractivity contribution in [2.24, 2.45) is 4.99 Å². The maximum atomic E-state index is 13.2. The van der Waals surface area contributed by atoms with Gasteiger partial charge >= 0.3 is 0 Å². The number of fused-ring (bicyclic) bond motifs is 1. The van der Waals surface area contributed by atoms with Crippen LogP contribution in [-0.2, 0) is 6.42 Å². The van der Waals surface area contributed by atoms with Crippen molar-refractivity contribution >= 4 is 17.0 Å². The Morgan fingerprint density at radius 1 is 1.00 bits per heavy atom. The fourth-order valence-electron chi connectivity index (χ4n) is 3.82. The Balaban J connectivity index is 2.04. The van der Waals surface area contributed by atoms with E-state index in [0.29, 0.717) is 23.2 Å². The van der Waals surface area contributed by atoms with Crippen molar-refractivity contribution in [1.29, 1.82) is 0 Å². The zero-order valence-corrected chi connectivity index (χ0v) is 18.1. The lowest BCUT2D eigenvalue weighted by Gasteiger charge is -2.17. The number of rotatable bonds is 9. The van der Waals surface area contributed by atoms with Gasteiger partial charge in [-0.15, -0.1) is 0 Å². The van der Waals surface area contributed by atoms with E-state index in [0.717, 1.165) is 43.4 Å². The van der Waals surface area contributed by atoms with Crippen molar-refractivity contribution in [3.8, 4) is 11.6 Å². The smallest absolute Gasteiger partial charge is 0.265 e. The highest BCUT2D eigenvalue weighted by molar-refractivity contribution is 6.01. The van der Waals surface area contributed by atoms with Crippen molar-refractivity contribution in [1.82, 2.24) is 9.47 Å². The van der Waals surface area contributed by atoms with Crippen LogP contribution in [0.25, 0.3) is 16.5 Å². The first-order chi connectivity index (χ1) is 14.6. The molecule has 0 radical (unpaired) electrons. The minimum atomic E-state index is -0.220. The maximum Gasteiger partial charge on any atom is 0.265 e. The summed E-state index contributed by atoms with van der Waals surface area (Å²) in [7, 11) is 0. The molecule has 0 unspecified atom stereocenters. The molecule has 5 nitrogen and oxygen atoms in total. The molecule has 3 rings (SSSR count). The Hall–Kier alpha value is -2.92. The summed E-state index contributed by atoms with van der Waals surface area (Å²) in [5.74, 6) is -0.0629. The SMILES string of the molecule is CCc1ccccc1-n1c(O)c(C=NCCCN(CC)CC)c2ccccc2c1=O. The lowest BCUT2D eigenvalue weighted by atomic mass is 10.1. The summed E-state index contributed by atoms with van der Waals surface area (Å²) in [6.45, 7) is 10.1. The molecule has 0 amide bonds. The van der Waals surface area contributed by atoms with E-state index >= 15 is 0 Å². The zero-order valence-electron chi connectivity index (χ0n) is 18.1. The molecule has 30 heavy (non-hydrogen) atoms. The first-order valence-corrected chi connectivity index (χ1v) is 10.8. The zero-order chi connectivity index (χ0) is 21.5. The Morgan fingerprint density at radius 2 is 1.67 bits per heavy atom. The number of aryl methyl sites for hydroxylation is 1. The lowest BCUT2D eigenvalue weighted by molar-refractivity contribution is 0.302. The summed E-state index contributed by atoms with van der Waals surface area (Å²) >= 11 is 0. The van der Waals surface area contributed by atoms with E-state index < -0.39 is 0 Å². The third kappa shape index (κ3) is 4.46. The minimum Gasteiger partial charge on any atom is -0.494 e. The van der Waals surface area contributed by atoms with E-state index in [9.17, 15) is 9.90 Å². The monoisotopic (exact) mass is 405 g/mol. The number of pyridine rings is 1. The van der Waals surface area contributed by atoms with Gasteiger partial charge in [-0.1, -0.05) is 57.2 Å². The van der Waals surface area contributed by atoms with Crippen LogP contribution in [0.5, 0.6) is 5.88 Å². The highest BCUT2D eigenvalue weighted by Crippen LogP contribution is 2.27. The Morgan fingerprint density at radius 3 is 2.37 bits per heavy atom. The molecule has 1 N–H and O–H groups in total. The third-order valence-corrected chi connectivity index (χ3v) is 5.59. The summed E-state index contributed by atoms with van der Waals surface area (Å²) in [5, 5.41) is 12.4. The number of nitrogens with zero attached hydrogens (tertiary/aromatic N) is 3. The molecule has 0 fully saturated rings. The van der Waals surface area contributed by atoms with Gasteiger partial charge in [-0.05, 0) is 50.2 Å². The topological polar surface area (TPSA) is 57.8 Å². The second-order valence-corrected chi connectivity index (χ2v) is 7.32. The molecule has 3 aromatic rings. The highest BCUT2D eigenvalue weighted by Gasteiger charge is 2.17. The van der Waals surface area contributed by atoms with Crippen molar-refractivity contribution < 1.29 is 5.11 Å². The molecule has 0 spiro atoms. The molecular formula is C25H31N3O2. The third-order valence-electron chi connectivity index (χ3n) is 5.59. The molecule has 5 heteroatoms. The molecule has 0 saturated heterocycles. The quantitative estimate of drug-likeness (QED) is 0.424. The second-order valence-electron chi connectivity index (χ2n) is 7.32. The molecular weight excluding hydrogens is 374 g/mol. The number of hydrogen-bond donors (Lipinski definition) is 1. The van der Waals surface area contributed by atoms with E-state index in [1.165, 1.54) is 4.57 Å². The van der Waals surface area contributed by atoms with Gasteiger partial charge in [0.05, 0.1) is 11.3 Å². The van der Waals surface area contributed by atoms with Gasteiger partial charge in [0.25, 0.3) is 5.56 Å². The van der Waals surface area contributed by atoms with Crippen molar-refractivity contribution in [2.75, 3.05) is 26.2 Å². The van der Waals surface area contributed by atoms with Crippen LogP contribution in [-0.4, -0.2) is 47.0 Å². The normalized spacial score (nSPS) is 11.7. The van der Waals surface area contributed by atoms with Crippen LogP contribution in [0.1, 0.15) is 38.3 Å². The summed E-state index contributed by atoms with van der Waals surface area (Å²) < 4.78 is 1.42. The average molecular weight is 406 g/mol. The number of para-hydroxylation sites is 1. The average Bonchev–Trinajstić information content (AvgIpc) is 2.78. The summed E-state index contributed by atoms with van der Waals surface area (Å²) in [6.07, 6.45) is 3.43. The van der Waals surface area contributed by atoms with Crippen molar-refractivity contribution in [3.05, 3.63) is 70.0 Å². The van der Waals surface area contributed by atoms with E-state index in [4.69, 9.17) is 0 Å². The van der Waals surface area contributed by atoms with Crippen LogP contribution in [0.3, 0.4) is 0 Å². The molecule has 0 aliphatic heterocycles. The molecule has 0 atom stereocenters. The van der Waals surface area contributed by atoms with Crippen LogP contribution in [0.15, 0.2) is 58.3 Å². The maximum absolute atomic E-state index is 13.2. The van der Waals surface area contributed by atoms with Gasteiger partial charge in [0, 0.05) is 23.5 Å². The predicted molar refractivity (Wildman–Crippen MR) is 125 cm³/mol. The van der Waals surface area contributed by atoms with Gasteiger partial charge < -0.3 is 10.0 Å².